The number of carbonyl (C=O) groups is 1. The molecular weight excluding hydrogens is 394 g/mol. The Hall–Kier alpha value is -3.24. The molecule has 1 amide bonds. The number of amides is 1. The number of pyridine rings is 1. The molecule has 0 radical (unpaired) electrons. The number of nitrogens with zero attached hydrogens (tertiary/aromatic N) is 2. The van der Waals surface area contributed by atoms with Crippen LogP contribution in [0.25, 0.3) is 6.08 Å². The SMILES string of the molecule is O=C(/C=C/c1cccnc1)NCCCCN1CCc2ccccc2C(c2ccccc2)C1. The van der Waals surface area contributed by atoms with Crippen LogP contribution in [-0.4, -0.2) is 42.0 Å². The van der Waals surface area contributed by atoms with Gasteiger partial charge in [-0.15, -0.1) is 0 Å². The van der Waals surface area contributed by atoms with Gasteiger partial charge in [0.05, 0.1) is 0 Å². The fraction of sp³-hybridized carbons (Fsp3) is 0.286. The first-order chi connectivity index (χ1) is 15.8. The lowest BCUT2D eigenvalue weighted by molar-refractivity contribution is -0.116. The Kier molecular flexibility index (Phi) is 7.83. The van der Waals surface area contributed by atoms with Crippen LogP contribution < -0.4 is 5.32 Å². The minimum Gasteiger partial charge on any atom is -0.353 e. The first-order valence-electron chi connectivity index (χ1n) is 11.5. The fourth-order valence-corrected chi connectivity index (χ4v) is 4.38. The van der Waals surface area contributed by atoms with Crippen molar-refractivity contribution in [1.82, 2.24) is 15.2 Å². The van der Waals surface area contributed by atoms with Gasteiger partial charge in [0.15, 0.2) is 0 Å². The predicted octanol–water partition coefficient (Wildman–Crippen LogP) is 4.68. The van der Waals surface area contributed by atoms with E-state index in [2.05, 4.69) is 69.8 Å². The minimum atomic E-state index is -0.0526. The summed E-state index contributed by atoms with van der Waals surface area (Å²) in [5.74, 6) is 0.357. The van der Waals surface area contributed by atoms with Crippen LogP contribution in [0.4, 0.5) is 0 Å². The van der Waals surface area contributed by atoms with E-state index in [0.717, 1.165) is 44.5 Å². The highest BCUT2D eigenvalue weighted by atomic mass is 16.1. The van der Waals surface area contributed by atoms with Crippen molar-refractivity contribution >= 4 is 12.0 Å². The first-order valence-corrected chi connectivity index (χ1v) is 11.5. The van der Waals surface area contributed by atoms with Gasteiger partial charge in [-0.1, -0.05) is 60.7 Å². The Balaban J connectivity index is 1.26. The van der Waals surface area contributed by atoms with Crippen LogP contribution in [0.1, 0.15) is 41.0 Å². The smallest absolute Gasteiger partial charge is 0.243 e. The summed E-state index contributed by atoms with van der Waals surface area (Å²) in [7, 11) is 0. The quantitative estimate of drug-likeness (QED) is 0.421. The van der Waals surface area contributed by atoms with Gasteiger partial charge in [-0.05, 0) is 60.2 Å². The molecule has 32 heavy (non-hydrogen) atoms. The van der Waals surface area contributed by atoms with Crippen molar-refractivity contribution in [3.8, 4) is 0 Å². The highest BCUT2D eigenvalue weighted by Gasteiger charge is 2.23. The number of fused-ring (bicyclic) bond motifs is 1. The van der Waals surface area contributed by atoms with Crippen LogP contribution in [0.5, 0.6) is 0 Å². The molecule has 0 saturated carbocycles. The van der Waals surface area contributed by atoms with E-state index < -0.39 is 0 Å². The van der Waals surface area contributed by atoms with E-state index in [-0.39, 0.29) is 5.91 Å². The molecule has 1 atom stereocenters. The van der Waals surface area contributed by atoms with E-state index >= 15 is 0 Å². The Labute approximate surface area is 191 Å². The van der Waals surface area contributed by atoms with Crippen molar-refractivity contribution in [3.63, 3.8) is 0 Å². The predicted molar refractivity (Wildman–Crippen MR) is 130 cm³/mol. The van der Waals surface area contributed by atoms with E-state index in [9.17, 15) is 4.79 Å². The molecular formula is C28H31N3O. The van der Waals surface area contributed by atoms with Gasteiger partial charge < -0.3 is 10.2 Å². The Bertz CT molecular complexity index is 1020. The van der Waals surface area contributed by atoms with E-state index in [1.54, 1.807) is 24.5 Å². The van der Waals surface area contributed by atoms with Crippen molar-refractivity contribution in [2.75, 3.05) is 26.2 Å². The molecule has 1 unspecified atom stereocenters. The van der Waals surface area contributed by atoms with E-state index in [4.69, 9.17) is 0 Å². The normalized spacial score (nSPS) is 16.4. The molecule has 1 aliphatic heterocycles. The summed E-state index contributed by atoms with van der Waals surface area (Å²) in [6.07, 6.45) is 9.98. The van der Waals surface area contributed by atoms with Crippen LogP contribution in [0.15, 0.2) is 85.2 Å². The molecule has 2 heterocycles. The van der Waals surface area contributed by atoms with Gasteiger partial charge in [-0.3, -0.25) is 9.78 Å². The molecule has 1 aliphatic rings. The molecule has 4 heteroatoms. The van der Waals surface area contributed by atoms with Crippen molar-refractivity contribution < 1.29 is 4.79 Å². The second-order valence-corrected chi connectivity index (χ2v) is 8.33. The molecule has 0 spiro atoms. The lowest BCUT2D eigenvalue weighted by Crippen LogP contribution is -2.30. The third kappa shape index (κ3) is 6.14. The lowest BCUT2D eigenvalue weighted by Gasteiger charge is -2.25. The number of hydrogen-bond acceptors (Lipinski definition) is 3. The van der Waals surface area contributed by atoms with Crippen LogP contribution in [-0.2, 0) is 11.2 Å². The summed E-state index contributed by atoms with van der Waals surface area (Å²) in [4.78, 5) is 18.7. The maximum absolute atomic E-state index is 12.0. The topological polar surface area (TPSA) is 45.2 Å². The zero-order chi connectivity index (χ0) is 22.0. The molecule has 2 aromatic carbocycles. The minimum absolute atomic E-state index is 0.0526. The fourth-order valence-electron chi connectivity index (χ4n) is 4.38. The molecule has 0 fully saturated rings. The second kappa shape index (κ2) is 11.4. The van der Waals surface area contributed by atoms with Crippen LogP contribution in [0.3, 0.4) is 0 Å². The second-order valence-electron chi connectivity index (χ2n) is 8.33. The molecule has 0 aliphatic carbocycles. The molecule has 164 valence electrons. The van der Waals surface area contributed by atoms with Crippen LogP contribution in [0, 0.1) is 0 Å². The van der Waals surface area contributed by atoms with Gasteiger partial charge in [0.2, 0.25) is 5.91 Å². The monoisotopic (exact) mass is 425 g/mol. The van der Waals surface area contributed by atoms with Crippen molar-refractivity contribution in [3.05, 3.63) is 107 Å². The van der Waals surface area contributed by atoms with Gasteiger partial charge in [0.25, 0.3) is 0 Å². The maximum Gasteiger partial charge on any atom is 0.243 e. The number of rotatable bonds is 8. The Morgan fingerprint density at radius 1 is 1.03 bits per heavy atom. The molecule has 4 rings (SSSR count). The van der Waals surface area contributed by atoms with Crippen molar-refractivity contribution in [2.24, 2.45) is 0 Å². The number of unbranched alkanes of at least 4 members (excludes halogenated alkanes) is 1. The number of nitrogens with one attached hydrogen (secondary N) is 1. The van der Waals surface area contributed by atoms with E-state index in [1.807, 2.05) is 12.1 Å². The molecule has 3 aromatic rings. The largest absolute Gasteiger partial charge is 0.353 e. The molecule has 1 aromatic heterocycles. The third-order valence-corrected chi connectivity index (χ3v) is 6.08. The van der Waals surface area contributed by atoms with Crippen molar-refractivity contribution in [1.29, 1.82) is 0 Å². The van der Waals surface area contributed by atoms with E-state index in [1.165, 1.54) is 16.7 Å². The number of aromatic nitrogens is 1. The average Bonchev–Trinajstić information content (AvgIpc) is 3.03. The van der Waals surface area contributed by atoms with Gasteiger partial charge in [-0.25, -0.2) is 0 Å². The number of benzene rings is 2. The average molecular weight is 426 g/mol. The summed E-state index contributed by atoms with van der Waals surface area (Å²) >= 11 is 0. The maximum atomic E-state index is 12.0. The van der Waals surface area contributed by atoms with Gasteiger partial charge in [0, 0.05) is 44.0 Å². The first kappa shape index (κ1) is 22.0. The van der Waals surface area contributed by atoms with E-state index in [0.29, 0.717) is 12.5 Å². The van der Waals surface area contributed by atoms with Crippen LogP contribution in [0.2, 0.25) is 0 Å². The summed E-state index contributed by atoms with van der Waals surface area (Å²) in [5, 5.41) is 2.99. The molecule has 0 saturated heterocycles. The third-order valence-electron chi connectivity index (χ3n) is 6.08. The number of carbonyl (C=O) groups excluding carboxylic acids is 1. The molecule has 1 N–H and O–H groups in total. The highest BCUT2D eigenvalue weighted by molar-refractivity contribution is 5.91. The zero-order valence-electron chi connectivity index (χ0n) is 18.5. The molecule has 4 nitrogen and oxygen atoms in total. The summed E-state index contributed by atoms with van der Waals surface area (Å²) in [6, 6.07) is 23.5. The Morgan fingerprint density at radius 2 is 1.88 bits per heavy atom. The Morgan fingerprint density at radius 3 is 2.72 bits per heavy atom. The standard InChI is InChI=1S/C28H31N3O/c32-28(15-14-23-9-8-17-29-21-23)30-18-6-7-19-31-20-16-25-12-4-5-13-26(25)27(22-31)24-10-2-1-3-11-24/h1-5,8-15,17,21,27H,6-7,16,18-20,22H2,(H,30,32)/b15-14+. The molecule has 0 bridgehead atoms. The number of hydrogen-bond donors (Lipinski definition) is 1. The summed E-state index contributed by atoms with van der Waals surface area (Å²) in [5.41, 5.74) is 5.25. The van der Waals surface area contributed by atoms with Gasteiger partial charge >= 0.3 is 0 Å². The lowest BCUT2D eigenvalue weighted by atomic mass is 9.88. The summed E-state index contributed by atoms with van der Waals surface area (Å²) < 4.78 is 0. The zero-order valence-corrected chi connectivity index (χ0v) is 18.5. The van der Waals surface area contributed by atoms with Gasteiger partial charge in [0.1, 0.15) is 0 Å². The van der Waals surface area contributed by atoms with Gasteiger partial charge in [-0.2, -0.15) is 0 Å². The van der Waals surface area contributed by atoms with Crippen LogP contribution >= 0.6 is 0 Å². The highest BCUT2D eigenvalue weighted by Crippen LogP contribution is 2.31. The summed E-state index contributed by atoms with van der Waals surface area (Å²) in [6.45, 7) is 3.88. The van der Waals surface area contributed by atoms with Crippen molar-refractivity contribution in [2.45, 2.75) is 25.2 Å².